The van der Waals surface area contributed by atoms with Crippen molar-refractivity contribution in [1.29, 1.82) is 0 Å². The Morgan fingerprint density at radius 1 is 1.24 bits per heavy atom. The molecule has 2 nitrogen and oxygen atoms in total. The van der Waals surface area contributed by atoms with E-state index in [-0.39, 0.29) is 11.7 Å². The minimum atomic E-state index is -0.240. The fraction of sp³-hybridized carbons (Fsp3) is 0.188. The summed E-state index contributed by atoms with van der Waals surface area (Å²) in [7, 11) is 0. The normalized spacial score (nSPS) is 10.4. The highest BCUT2D eigenvalue weighted by Crippen LogP contribution is 2.18. The predicted molar refractivity (Wildman–Crippen MR) is 95.1 cm³/mol. The lowest BCUT2D eigenvalue weighted by molar-refractivity contribution is -0.113. The van der Waals surface area contributed by atoms with Gasteiger partial charge >= 0.3 is 0 Å². The summed E-state index contributed by atoms with van der Waals surface area (Å²) in [6.45, 7) is 1.98. The lowest BCUT2D eigenvalue weighted by atomic mass is 10.2. The molecule has 0 atom stereocenters. The van der Waals surface area contributed by atoms with Gasteiger partial charge in [-0.3, -0.25) is 4.79 Å². The van der Waals surface area contributed by atoms with E-state index in [2.05, 4.69) is 27.9 Å². The van der Waals surface area contributed by atoms with Crippen molar-refractivity contribution >= 4 is 45.9 Å². The Kier molecular flexibility index (Phi) is 6.05. The van der Waals surface area contributed by atoms with Gasteiger partial charge < -0.3 is 5.32 Å². The smallest absolute Gasteiger partial charge is 0.234 e. The third-order valence-electron chi connectivity index (χ3n) is 2.88. The lowest BCUT2D eigenvalue weighted by Gasteiger charge is -2.08. The SMILES string of the molecule is Cc1cc(I)ccc1NC(=O)CSCc1ccc(F)cc1. The van der Waals surface area contributed by atoms with Gasteiger partial charge in [-0.15, -0.1) is 11.8 Å². The summed E-state index contributed by atoms with van der Waals surface area (Å²) in [5.41, 5.74) is 2.92. The number of rotatable bonds is 5. The van der Waals surface area contributed by atoms with Gasteiger partial charge in [0.2, 0.25) is 5.91 Å². The van der Waals surface area contributed by atoms with Crippen molar-refractivity contribution in [2.45, 2.75) is 12.7 Å². The quantitative estimate of drug-likeness (QED) is 0.723. The van der Waals surface area contributed by atoms with Crippen molar-refractivity contribution in [3.05, 3.63) is 63.0 Å². The summed E-state index contributed by atoms with van der Waals surface area (Å²) in [6.07, 6.45) is 0. The first kappa shape index (κ1) is 16.3. The van der Waals surface area contributed by atoms with E-state index < -0.39 is 0 Å². The summed E-state index contributed by atoms with van der Waals surface area (Å²) in [5.74, 6) is 0.810. The third-order valence-corrected chi connectivity index (χ3v) is 4.55. The van der Waals surface area contributed by atoms with E-state index in [1.807, 2.05) is 25.1 Å². The molecule has 0 bridgehead atoms. The number of hydrogen-bond donors (Lipinski definition) is 1. The first-order valence-electron chi connectivity index (χ1n) is 6.43. The minimum absolute atomic E-state index is 0.0218. The molecule has 21 heavy (non-hydrogen) atoms. The average Bonchev–Trinajstić information content (AvgIpc) is 2.44. The molecule has 110 valence electrons. The zero-order valence-corrected chi connectivity index (χ0v) is 14.5. The Bertz CT molecular complexity index is 631. The molecule has 0 radical (unpaired) electrons. The monoisotopic (exact) mass is 415 g/mol. The molecule has 0 heterocycles. The minimum Gasteiger partial charge on any atom is -0.325 e. The second kappa shape index (κ2) is 7.79. The highest BCUT2D eigenvalue weighted by Gasteiger charge is 2.05. The van der Waals surface area contributed by atoms with E-state index in [1.54, 1.807) is 12.1 Å². The molecule has 2 aromatic rings. The van der Waals surface area contributed by atoms with Crippen LogP contribution in [0.2, 0.25) is 0 Å². The van der Waals surface area contributed by atoms with Crippen molar-refractivity contribution in [3.63, 3.8) is 0 Å². The van der Waals surface area contributed by atoms with E-state index in [0.29, 0.717) is 11.5 Å². The molecule has 2 rings (SSSR count). The number of carbonyl (C=O) groups is 1. The molecule has 0 aliphatic carbocycles. The number of aryl methyl sites for hydroxylation is 1. The number of carbonyl (C=O) groups excluding carboxylic acids is 1. The van der Waals surface area contributed by atoms with Crippen molar-refractivity contribution in [3.8, 4) is 0 Å². The second-order valence-corrected chi connectivity index (χ2v) is 6.86. The maximum atomic E-state index is 12.8. The van der Waals surface area contributed by atoms with Crippen LogP contribution in [0.25, 0.3) is 0 Å². The van der Waals surface area contributed by atoms with Gasteiger partial charge in [-0.25, -0.2) is 4.39 Å². The van der Waals surface area contributed by atoms with Gasteiger partial charge in [-0.1, -0.05) is 12.1 Å². The largest absolute Gasteiger partial charge is 0.325 e. The van der Waals surface area contributed by atoms with Gasteiger partial charge in [-0.2, -0.15) is 0 Å². The van der Waals surface area contributed by atoms with Gasteiger partial charge in [0, 0.05) is 15.0 Å². The highest BCUT2D eigenvalue weighted by molar-refractivity contribution is 14.1. The molecule has 0 fully saturated rings. The number of amides is 1. The van der Waals surface area contributed by atoms with Gasteiger partial charge in [0.15, 0.2) is 0 Å². The summed E-state index contributed by atoms with van der Waals surface area (Å²) >= 11 is 3.76. The first-order valence-corrected chi connectivity index (χ1v) is 8.66. The Hall–Kier alpha value is -1.08. The molecule has 1 N–H and O–H groups in total. The van der Waals surface area contributed by atoms with Crippen LogP contribution in [0.1, 0.15) is 11.1 Å². The van der Waals surface area contributed by atoms with Gasteiger partial charge in [-0.05, 0) is 71.0 Å². The zero-order valence-electron chi connectivity index (χ0n) is 11.5. The van der Waals surface area contributed by atoms with Crippen molar-refractivity contribution in [2.75, 3.05) is 11.1 Å². The van der Waals surface area contributed by atoms with Crippen LogP contribution in [-0.4, -0.2) is 11.7 Å². The van der Waals surface area contributed by atoms with Crippen LogP contribution in [0.15, 0.2) is 42.5 Å². The number of thioether (sulfide) groups is 1. The van der Waals surface area contributed by atoms with Gasteiger partial charge in [0.1, 0.15) is 5.82 Å². The van der Waals surface area contributed by atoms with Crippen LogP contribution in [0, 0.1) is 16.3 Å². The van der Waals surface area contributed by atoms with Crippen LogP contribution < -0.4 is 5.32 Å². The molecule has 2 aromatic carbocycles. The van der Waals surface area contributed by atoms with E-state index in [0.717, 1.165) is 20.4 Å². The Labute approximate surface area is 141 Å². The molecular weight excluding hydrogens is 400 g/mol. The molecular formula is C16H15FINOS. The maximum absolute atomic E-state index is 12.8. The Balaban J connectivity index is 1.81. The number of hydrogen-bond acceptors (Lipinski definition) is 2. The topological polar surface area (TPSA) is 29.1 Å². The first-order chi connectivity index (χ1) is 10.0. The molecule has 0 spiro atoms. The molecule has 0 saturated carbocycles. The van der Waals surface area contributed by atoms with Gasteiger partial charge in [0.05, 0.1) is 5.75 Å². The second-order valence-electron chi connectivity index (χ2n) is 4.63. The summed E-state index contributed by atoms with van der Waals surface area (Å²) in [6, 6.07) is 12.3. The van der Waals surface area contributed by atoms with Crippen LogP contribution in [0.3, 0.4) is 0 Å². The zero-order chi connectivity index (χ0) is 15.2. The average molecular weight is 415 g/mol. The number of nitrogens with one attached hydrogen (secondary N) is 1. The summed E-state index contributed by atoms with van der Waals surface area (Å²) in [4.78, 5) is 11.9. The molecule has 0 aliphatic heterocycles. The molecule has 0 unspecified atom stereocenters. The fourth-order valence-electron chi connectivity index (χ4n) is 1.80. The third kappa shape index (κ3) is 5.32. The van der Waals surface area contributed by atoms with Crippen LogP contribution in [-0.2, 0) is 10.5 Å². The molecule has 5 heteroatoms. The van der Waals surface area contributed by atoms with Crippen LogP contribution in [0.4, 0.5) is 10.1 Å². The van der Waals surface area contributed by atoms with E-state index in [4.69, 9.17) is 0 Å². The number of halogens is 2. The van der Waals surface area contributed by atoms with Crippen LogP contribution >= 0.6 is 34.4 Å². The Morgan fingerprint density at radius 3 is 2.62 bits per heavy atom. The van der Waals surface area contributed by atoms with E-state index >= 15 is 0 Å². The standard InChI is InChI=1S/C16H15FINOS/c1-11-8-14(18)6-7-15(11)19-16(20)10-21-9-12-2-4-13(17)5-3-12/h2-8H,9-10H2,1H3,(H,19,20). The van der Waals surface area contributed by atoms with Crippen molar-refractivity contribution in [2.24, 2.45) is 0 Å². The lowest BCUT2D eigenvalue weighted by Crippen LogP contribution is -2.15. The summed E-state index contributed by atoms with van der Waals surface area (Å²) in [5, 5.41) is 2.91. The predicted octanol–water partition coefficient (Wildman–Crippen LogP) is 4.61. The van der Waals surface area contributed by atoms with Crippen LogP contribution in [0.5, 0.6) is 0 Å². The van der Waals surface area contributed by atoms with Crippen molar-refractivity contribution < 1.29 is 9.18 Å². The molecule has 0 aliphatic rings. The van der Waals surface area contributed by atoms with Gasteiger partial charge in [0.25, 0.3) is 0 Å². The summed E-state index contributed by atoms with van der Waals surface area (Å²) < 4.78 is 13.9. The van der Waals surface area contributed by atoms with E-state index in [9.17, 15) is 9.18 Å². The fourth-order valence-corrected chi connectivity index (χ4v) is 3.23. The molecule has 0 saturated heterocycles. The number of benzene rings is 2. The van der Waals surface area contributed by atoms with E-state index in [1.165, 1.54) is 23.9 Å². The Morgan fingerprint density at radius 2 is 1.95 bits per heavy atom. The number of anilines is 1. The molecule has 1 amide bonds. The molecule has 0 aromatic heterocycles. The maximum Gasteiger partial charge on any atom is 0.234 e. The van der Waals surface area contributed by atoms with Crippen molar-refractivity contribution in [1.82, 2.24) is 0 Å². The highest BCUT2D eigenvalue weighted by atomic mass is 127.